The molecule has 3 nitrogen and oxygen atoms in total. The van der Waals surface area contributed by atoms with E-state index in [-0.39, 0.29) is 11.3 Å². The Hall–Kier alpha value is -2.26. The first-order valence-corrected chi connectivity index (χ1v) is 9.97. The van der Waals surface area contributed by atoms with Gasteiger partial charge in [-0.15, -0.1) is 0 Å². The molecular formula is C23H25ClN2O. The molecule has 2 aromatic rings. The van der Waals surface area contributed by atoms with E-state index in [9.17, 15) is 4.79 Å². The maximum atomic E-state index is 13.2. The zero-order valence-electron chi connectivity index (χ0n) is 15.9. The number of carbonyl (C=O) groups excluding carboxylic acids is 1. The largest absolute Gasteiger partial charge is 0.384 e. The summed E-state index contributed by atoms with van der Waals surface area (Å²) in [7, 11) is 0. The van der Waals surface area contributed by atoms with Crippen LogP contribution in [-0.4, -0.2) is 30.4 Å². The summed E-state index contributed by atoms with van der Waals surface area (Å²) in [5, 5.41) is 4.25. The quantitative estimate of drug-likeness (QED) is 0.740. The van der Waals surface area contributed by atoms with Crippen molar-refractivity contribution in [1.82, 2.24) is 4.90 Å². The Bertz CT molecular complexity index is 910. The second kappa shape index (κ2) is 7.05. The van der Waals surface area contributed by atoms with Crippen LogP contribution in [0, 0.1) is 6.92 Å². The SMILES string of the molecule is C/C=C(/C(=O)N1CCC2(CC1)CNc1ccccc12)c1ccc(Cl)cc1C. The highest BCUT2D eigenvalue weighted by Crippen LogP contribution is 2.44. The van der Waals surface area contributed by atoms with Crippen LogP contribution in [0.1, 0.15) is 36.5 Å². The van der Waals surface area contributed by atoms with E-state index in [1.807, 2.05) is 43.0 Å². The number of benzene rings is 2. The number of nitrogens with zero attached hydrogens (tertiary/aromatic N) is 1. The van der Waals surface area contributed by atoms with Crippen LogP contribution in [0.15, 0.2) is 48.5 Å². The van der Waals surface area contributed by atoms with Gasteiger partial charge in [0, 0.05) is 41.3 Å². The van der Waals surface area contributed by atoms with Gasteiger partial charge in [0.1, 0.15) is 0 Å². The average Bonchev–Trinajstić information content (AvgIpc) is 3.03. The van der Waals surface area contributed by atoms with Gasteiger partial charge in [-0.1, -0.05) is 41.9 Å². The summed E-state index contributed by atoms with van der Waals surface area (Å²) in [6, 6.07) is 14.3. The lowest BCUT2D eigenvalue weighted by Crippen LogP contribution is -2.46. The molecule has 2 aliphatic rings. The minimum absolute atomic E-state index is 0.122. The van der Waals surface area contributed by atoms with Crippen molar-refractivity contribution >= 4 is 28.8 Å². The van der Waals surface area contributed by atoms with E-state index in [1.54, 1.807) is 0 Å². The Morgan fingerprint density at radius 1 is 1.19 bits per heavy atom. The van der Waals surface area contributed by atoms with Crippen molar-refractivity contribution < 1.29 is 4.79 Å². The molecule has 0 saturated carbocycles. The van der Waals surface area contributed by atoms with Crippen molar-refractivity contribution in [1.29, 1.82) is 0 Å². The Morgan fingerprint density at radius 2 is 1.93 bits per heavy atom. The minimum Gasteiger partial charge on any atom is -0.384 e. The van der Waals surface area contributed by atoms with Gasteiger partial charge in [-0.05, 0) is 61.6 Å². The van der Waals surface area contributed by atoms with Gasteiger partial charge in [0.15, 0.2) is 0 Å². The number of hydrogen-bond donors (Lipinski definition) is 1. The number of halogens is 1. The molecule has 1 spiro atoms. The summed E-state index contributed by atoms with van der Waals surface area (Å²) >= 11 is 6.08. The van der Waals surface area contributed by atoms with Crippen molar-refractivity contribution in [3.05, 3.63) is 70.3 Å². The van der Waals surface area contributed by atoms with Crippen LogP contribution in [-0.2, 0) is 10.2 Å². The molecule has 2 aliphatic heterocycles. The Kier molecular flexibility index (Phi) is 4.73. The van der Waals surface area contributed by atoms with Gasteiger partial charge in [0.05, 0.1) is 0 Å². The monoisotopic (exact) mass is 380 g/mol. The van der Waals surface area contributed by atoms with E-state index in [1.165, 1.54) is 11.3 Å². The highest BCUT2D eigenvalue weighted by Gasteiger charge is 2.42. The van der Waals surface area contributed by atoms with E-state index < -0.39 is 0 Å². The first kappa shape index (κ1) is 18.1. The summed E-state index contributed by atoms with van der Waals surface area (Å²) in [4.78, 5) is 15.2. The van der Waals surface area contributed by atoms with Crippen molar-refractivity contribution in [2.75, 3.05) is 25.0 Å². The van der Waals surface area contributed by atoms with Gasteiger partial charge in [-0.25, -0.2) is 0 Å². The molecule has 1 amide bonds. The van der Waals surface area contributed by atoms with Crippen molar-refractivity contribution in [3.63, 3.8) is 0 Å². The molecule has 0 radical (unpaired) electrons. The van der Waals surface area contributed by atoms with Gasteiger partial charge >= 0.3 is 0 Å². The topological polar surface area (TPSA) is 32.3 Å². The first-order valence-electron chi connectivity index (χ1n) is 9.59. The predicted octanol–water partition coefficient (Wildman–Crippen LogP) is 5.04. The molecule has 4 rings (SSSR count). The second-order valence-corrected chi connectivity index (χ2v) is 8.07. The third-order valence-corrected chi connectivity index (χ3v) is 6.36. The summed E-state index contributed by atoms with van der Waals surface area (Å²) in [6.07, 6.45) is 3.92. The van der Waals surface area contributed by atoms with Crippen LogP contribution in [0.2, 0.25) is 5.02 Å². The van der Waals surface area contributed by atoms with Gasteiger partial charge in [0.2, 0.25) is 0 Å². The van der Waals surface area contributed by atoms with Crippen LogP contribution >= 0.6 is 11.6 Å². The van der Waals surface area contributed by atoms with Gasteiger partial charge < -0.3 is 10.2 Å². The fraction of sp³-hybridized carbons (Fsp3) is 0.348. The minimum atomic E-state index is 0.122. The molecule has 2 aromatic carbocycles. The normalized spacial score (nSPS) is 18.3. The van der Waals surface area contributed by atoms with E-state index in [2.05, 4.69) is 29.6 Å². The molecule has 1 fully saturated rings. The van der Waals surface area contributed by atoms with Crippen molar-refractivity contribution in [2.45, 2.75) is 32.1 Å². The number of allylic oxidation sites excluding steroid dienone is 1. The second-order valence-electron chi connectivity index (χ2n) is 7.63. The number of piperidine rings is 1. The lowest BCUT2D eigenvalue weighted by Gasteiger charge is -2.39. The van der Waals surface area contributed by atoms with Gasteiger partial charge in [-0.2, -0.15) is 0 Å². The van der Waals surface area contributed by atoms with Gasteiger partial charge in [0.25, 0.3) is 5.91 Å². The third kappa shape index (κ3) is 3.14. The van der Waals surface area contributed by atoms with Crippen LogP contribution in [0.3, 0.4) is 0 Å². The molecule has 0 aromatic heterocycles. The standard InChI is InChI=1S/C23H25ClN2O/c1-3-18(19-9-8-17(24)14-16(19)2)22(27)26-12-10-23(11-13-26)15-25-21-7-5-4-6-20(21)23/h3-9,14,25H,10-13,15H2,1-2H3/b18-3+. The molecule has 1 N–H and O–H groups in total. The number of para-hydroxylation sites is 1. The number of amides is 1. The van der Waals surface area contributed by atoms with E-state index in [4.69, 9.17) is 11.6 Å². The third-order valence-electron chi connectivity index (χ3n) is 6.12. The molecule has 1 saturated heterocycles. The molecule has 27 heavy (non-hydrogen) atoms. The number of rotatable bonds is 2. The summed E-state index contributed by atoms with van der Waals surface area (Å²) in [6.45, 7) is 6.49. The lowest BCUT2D eigenvalue weighted by molar-refractivity contribution is -0.126. The van der Waals surface area contributed by atoms with Crippen LogP contribution in [0.5, 0.6) is 0 Å². The fourth-order valence-electron chi connectivity index (χ4n) is 4.54. The zero-order valence-corrected chi connectivity index (χ0v) is 16.6. The van der Waals surface area contributed by atoms with Crippen LogP contribution in [0.25, 0.3) is 5.57 Å². The molecule has 0 unspecified atom stereocenters. The van der Waals surface area contributed by atoms with E-state index in [0.717, 1.165) is 49.2 Å². The van der Waals surface area contributed by atoms with Crippen molar-refractivity contribution in [3.8, 4) is 0 Å². The Morgan fingerprint density at radius 3 is 2.63 bits per heavy atom. The highest BCUT2D eigenvalue weighted by atomic mass is 35.5. The lowest BCUT2D eigenvalue weighted by atomic mass is 9.74. The Labute approximate surface area is 166 Å². The summed E-state index contributed by atoms with van der Waals surface area (Å²) in [5.74, 6) is 0.122. The number of fused-ring (bicyclic) bond motifs is 2. The van der Waals surface area contributed by atoms with Crippen molar-refractivity contribution in [2.24, 2.45) is 0 Å². The molecule has 2 heterocycles. The molecule has 4 heteroatoms. The molecule has 0 bridgehead atoms. The highest BCUT2D eigenvalue weighted by molar-refractivity contribution is 6.30. The Balaban J connectivity index is 1.52. The summed E-state index contributed by atoms with van der Waals surface area (Å²) < 4.78 is 0. The molecule has 0 atom stereocenters. The maximum Gasteiger partial charge on any atom is 0.254 e. The van der Waals surface area contributed by atoms with E-state index in [0.29, 0.717) is 5.02 Å². The van der Waals surface area contributed by atoms with Gasteiger partial charge in [-0.3, -0.25) is 4.79 Å². The number of hydrogen-bond acceptors (Lipinski definition) is 2. The zero-order chi connectivity index (χ0) is 19.0. The predicted molar refractivity (Wildman–Crippen MR) is 112 cm³/mol. The fourth-order valence-corrected chi connectivity index (χ4v) is 4.76. The van der Waals surface area contributed by atoms with E-state index >= 15 is 0 Å². The number of anilines is 1. The smallest absolute Gasteiger partial charge is 0.254 e. The molecule has 140 valence electrons. The number of likely N-dealkylation sites (tertiary alicyclic amines) is 1. The summed E-state index contributed by atoms with van der Waals surface area (Å²) in [5.41, 5.74) is 5.61. The average molecular weight is 381 g/mol. The molecule has 0 aliphatic carbocycles. The molecular weight excluding hydrogens is 356 g/mol. The van der Waals surface area contributed by atoms with Crippen LogP contribution < -0.4 is 5.32 Å². The first-order chi connectivity index (χ1) is 13.0. The number of nitrogens with one attached hydrogen (secondary N) is 1. The number of carbonyl (C=O) groups is 1. The maximum absolute atomic E-state index is 13.2. The van der Waals surface area contributed by atoms with Crippen LogP contribution in [0.4, 0.5) is 5.69 Å². The number of aryl methyl sites for hydroxylation is 1.